The van der Waals surface area contributed by atoms with Crippen LogP contribution < -0.4 is 15.1 Å². The van der Waals surface area contributed by atoms with E-state index in [2.05, 4.69) is 5.32 Å². The predicted octanol–water partition coefficient (Wildman–Crippen LogP) is 1.03. The molecular weight excluding hydrogens is 254 g/mol. The lowest BCUT2D eigenvalue weighted by molar-refractivity contribution is -0.124. The highest BCUT2D eigenvalue weighted by Crippen LogP contribution is 2.33. The number of hydrogen-bond acceptors (Lipinski definition) is 4. The first-order valence-corrected chi connectivity index (χ1v) is 6.78. The SMILES string of the molecule is CNC1CN(C)c2ccccc2N(C(C)C(C)=O)C1=O. The number of para-hydroxylation sites is 2. The molecule has 1 heterocycles. The fourth-order valence-electron chi connectivity index (χ4n) is 2.52. The summed E-state index contributed by atoms with van der Waals surface area (Å²) in [7, 11) is 3.72. The van der Waals surface area contributed by atoms with E-state index < -0.39 is 6.04 Å². The Bertz CT molecular complexity index is 530. The van der Waals surface area contributed by atoms with E-state index in [0.717, 1.165) is 11.4 Å². The van der Waals surface area contributed by atoms with Crippen LogP contribution in [0.15, 0.2) is 24.3 Å². The van der Waals surface area contributed by atoms with Crippen molar-refractivity contribution >= 4 is 23.1 Å². The van der Waals surface area contributed by atoms with Gasteiger partial charge in [0.15, 0.2) is 5.78 Å². The second kappa shape index (κ2) is 5.63. The van der Waals surface area contributed by atoms with E-state index in [1.54, 1.807) is 18.9 Å². The van der Waals surface area contributed by atoms with E-state index in [4.69, 9.17) is 0 Å². The van der Waals surface area contributed by atoms with Crippen LogP contribution in [0.3, 0.4) is 0 Å². The van der Waals surface area contributed by atoms with E-state index in [-0.39, 0.29) is 17.7 Å². The summed E-state index contributed by atoms with van der Waals surface area (Å²) in [5, 5.41) is 3.04. The van der Waals surface area contributed by atoms with Gasteiger partial charge in [0.2, 0.25) is 5.91 Å². The van der Waals surface area contributed by atoms with Crippen LogP contribution in [0.2, 0.25) is 0 Å². The van der Waals surface area contributed by atoms with Crippen molar-refractivity contribution in [3.8, 4) is 0 Å². The van der Waals surface area contributed by atoms with E-state index in [9.17, 15) is 9.59 Å². The molecule has 0 saturated carbocycles. The third-order valence-electron chi connectivity index (χ3n) is 3.87. The summed E-state index contributed by atoms with van der Waals surface area (Å²) in [6, 6.07) is 6.90. The largest absolute Gasteiger partial charge is 0.371 e. The highest BCUT2D eigenvalue weighted by Gasteiger charge is 2.35. The maximum atomic E-state index is 12.7. The molecule has 1 N–H and O–H groups in total. The number of anilines is 2. The van der Waals surface area contributed by atoms with E-state index in [1.165, 1.54) is 6.92 Å². The molecule has 1 aromatic rings. The molecule has 2 unspecified atom stereocenters. The Morgan fingerprint density at radius 2 is 1.95 bits per heavy atom. The Balaban J connectivity index is 2.56. The number of amides is 1. The molecular formula is C15H21N3O2. The summed E-state index contributed by atoms with van der Waals surface area (Å²) in [6.07, 6.45) is 0. The molecule has 5 nitrogen and oxygen atoms in total. The Morgan fingerprint density at radius 1 is 1.35 bits per heavy atom. The number of nitrogens with zero attached hydrogens (tertiary/aromatic N) is 2. The number of ketones is 1. The highest BCUT2D eigenvalue weighted by molar-refractivity contribution is 6.06. The van der Waals surface area contributed by atoms with Crippen molar-refractivity contribution in [3.05, 3.63) is 24.3 Å². The first kappa shape index (κ1) is 14.5. The molecule has 1 aliphatic rings. The van der Waals surface area contributed by atoms with Crippen LogP contribution in [0, 0.1) is 0 Å². The van der Waals surface area contributed by atoms with Crippen molar-refractivity contribution in [3.63, 3.8) is 0 Å². The van der Waals surface area contributed by atoms with Gasteiger partial charge in [-0.2, -0.15) is 0 Å². The topological polar surface area (TPSA) is 52.6 Å². The molecule has 0 fully saturated rings. The molecule has 20 heavy (non-hydrogen) atoms. The van der Waals surface area contributed by atoms with Gasteiger partial charge in [-0.05, 0) is 33.0 Å². The van der Waals surface area contributed by atoms with Gasteiger partial charge in [-0.3, -0.25) is 14.5 Å². The fraction of sp³-hybridized carbons (Fsp3) is 0.467. The lowest BCUT2D eigenvalue weighted by atomic mass is 10.1. The van der Waals surface area contributed by atoms with Crippen molar-refractivity contribution < 1.29 is 9.59 Å². The Kier molecular flexibility index (Phi) is 4.09. The molecule has 108 valence electrons. The Labute approximate surface area is 119 Å². The number of carbonyl (C=O) groups excluding carboxylic acids is 2. The number of nitrogens with one attached hydrogen (secondary N) is 1. The zero-order chi connectivity index (χ0) is 14.9. The monoisotopic (exact) mass is 275 g/mol. The summed E-state index contributed by atoms with van der Waals surface area (Å²) in [5.41, 5.74) is 1.76. The summed E-state index contributed by atoms with van der Waals surface area (Å²) in [5.74, 6) is -0.0837. The number of Topliss-reactive ketones (excluding diaryl/α,β-unsaturated/α-hetero) is 1. The minimum atomic E-state index is -0.467. The zero-order valence-electron chi connectivity index (χ0n) is 12.4. The number of carbonyl (C=O) groups is 2. The lowest BCUT2D eigenvalue weighted by Crippen LogP contribution is -2.52. The van der Waals surface area contributed by atoms with Gasteiger partial charge in [-0.1, -0.05) is 12.1 Å². The molecule has 2 atom stereocenters. The average molecular weight is 275 g/mol. The summed E-state index contributed by atoms with van der Waals surface area (Å²) in [4.78, 5) is 28.1. The summed E-state index contributed by atoms with van der Waals surface area (Å²) in [6.45, 7) is 3.87. The standard InChI is InChI=1S/C15H21N3O2/c1-10(11(2)19)18-14-8-6-5-7-13(14)17(4)9-12(16-3)15(18)20/h5-8,10,12,16H,9H2,1-4H3. The predicted molar refractivity (Wildman–Crippen MR) is 80.2 cm³/mol. The maximum absolute atomic E-state index is 12.7. The third-order valence-corrected chi connectivity index (χ3v) is 3.87. The van der Waals surface area contributed by atoms with Crippen LogP contribution in [-0.4, -0.2) is 44.4 Å². The van der Waals surface area contributed by atoms with Gasteiger partial charge in [0, 0.05) is 13.6 Å². The normalized spacial score (nSPS) is 20.4. The molecule has 1 aromatic carbocycles. The minimum absolute atomic E-state index is 0.0208. The molecule has 0 radical (unpaired) electrons. The maximum Gasteiger partial charge on any atom is 0.246 e. The minimum Gasteiger partial charge on any atom is -0.371 e. The summed E-state index contributed by atoms with van der Waals surface area (Å²) < 4.78 is 0. The molecule has 0 saturated heterocycles. The first-order chi connectivity index (χ1) is 9.47. The number of rotatable bonds is 3. The van der Waals surface area contributed by atoms with Gasteiger partial charge in [-0.15, -0.1) is 0 Å². The van der Waals surface area contributed by atoms with E-state index in [0.29, 0.717) is 6.54 Å². The highest BCUT2D eigenvalue weighted by atomic mass is 16.2. The second-order valence-electron chi connectivity index (χ2n) is 5.21. The number of fused-ring (bicyclic) bond motifs is 1. The molecule has 0 aliphatic carbocycles. The number of hydrogen-bond donors (Lipinski definition) is 1. The number of likely N-dealkylation sites (N-methyl/N-ethyl adjacent to an activating group) is 2. The van der Waals surface area contributed by atoms with Crippen molar-refractivity contribution in [2.75, 3.05) is 30.4 Å². The molecule has 0 spiro atoms. The van der Waals surface area contributed by atoms with Crippen LogP contribution in [0.5, 0.6) is 0 Å². The van der Waals surface area contributed by atoms with Crippen molar-refractivity contribution in [1.82, 2.24) is 5.32 Å². The van der Waals surface area contributed by atoms with Crippen molar-refractivity contribution in [2.24, 2.45) is 0 Å². The third kappa shape index (κ3) is 2.41. The van der Waals surface area contributed by atoms with Crippen LogP contribution in [0.1, 0.15) is 13.8 Å². The second-order valence-corrected chi connectivity index (χ2v) is 5.21. The average Bonchev–Trinajstić information content (AvgIpc) is 2.54. The molecule has 1 aliphatic heterocycles. The van der Waals surface area contributed by atoms with Gasteiger partial charge in [0.1, 0.15) is 6.04 Å². The number of benzene rings is 1. The van der Waals surface area contributed by atoms with Gasteiger partial charge >= 0.3 is 0 Å². The van der Waals surface area contributed by atoms with Crippen LogP contribution >= 0.6 is 0 Å². The molecule has 0 aromatic heterocycles. The quantitative estimate of drug-likeness (QED) is 0.895. The molecule has 5 heteroatoms. The van der Waals surface area contributed by atoms with Gasteiger partial charge in [0.05, 0.1) is 17.4 Å². The van der Waals surface area contributed by atoms with Crippen LogP contribution in [0.4, 0.5) is 11.4 Å². The van der Waals surface area contributed by atoms with Gasteiger partial charge in [-0.25, -0.2) is 0 Å². The Morgan fingerprint density at radius 3 is 2.50 bits per heavy atom. The lowest BCUT2D eigenvalue weighted by Gasteiger charge is -2.29. The zero-order valence-corrected chi connectivity index (χ0v) is 12.4. The fourth-order valence-corrected chi connectivity index (χ4v) is 2.52. The van der Waals surface area contributed by atoms with Crippen LogP contribution in [-0.2, 0) is 9.59 Å². The molecule has 2 rings (SSSR count). The van der Waals surface area contributed by atoms with E-state index in [1.807, 2.05) is 36.2 Å². The first-order valence-electron chi connectivity index (χ1n) is 6.78. The Hall–Kier alpha value is -1.88. The summed E-state index contributed by atoms with van der Waals surface area (Å²) >= 11 is 0. The van der Waals surface area contributed by atoms with E-state index >= 15 is 0 Å². The molecule has 1 amide bonds. The van der Waals surface area contributed by atoms with Crippen molar-refractivity contribution in [1.29, 1.82) is 0 Å². The van der Waals surface area contributed by atoms with Gasteiger partial charge in [0.25, 0.3) is 0 Å². The van der Waals surface area contributed by atoms with Crippen LogP contribution in [0.25, 0.3) is 0 Å². The van der Waals surface area contributed by atoms with Crippen molar-refractivity contribution in [2.45, 2.75) is 25.9 Å². The van der Waals surface area contributed by atoms with Gasteiger partial charge < -0.3 is 10.2 Å². The molecule has 0 bridgehead atoms. The smallest absolute Gasteiger partial charge is 0.246 e.